The molecule has 1 aliphatic heterocycles. The molecule has 0 aliphatic carbocycles. The molecule has 1 N–H and O–H groups in total. The van der Waals surface area contributed by atoms with Gasteiger partial charge in [0.05, 0.1) is 18.8 Å². The van der Waals surface area contributed by atoms with Crippen LogP contribution in [0.4, 0.5) is 5.69 Å². The van der Waals surface area contributed by atoms with Gasteiger partial charge in [-0.25, -0.2) is 0 Å². The Balaban J connectivity index is 2.07. The fourth-order valence-corrected chi connectivity index (χ4v) is 3.99. The number of nitrogens with zero attached hydrogens (tertiary/aromatic N) is 2. The lowest BCUT2D eigenvalue weighted by Crippen LogP contribution is -2.45. The molecule has 25 heavy (non-hydrogen) atoms. The summed E-state index contributed by atoms with van der Waals surface area (Å²) in [6, 6.07) is 8.19. The number of likely N-dealkylation sites (N-methyl/N-ethyl adjacent to an activating group) is 1. The van der Waals surface area contributed by atoms with Crippen LogP contribution in [-0.4, -0.2) is 54.2 Å². The van der Waals surface area contributed by atoms with Crippen LogP contribution in [-0.2, 0) is 9.59 Å². The number of para-hydroxylation sites is 1. The molecule has 1 aromatic carbocycles. The van der Waals surface area contributed by atoms with Crippen molar-refractivity contribution in [3.63, 3.8) is 0 Å². The molecule has 0 unspecified atom stereocenters. The van der Waals surface area contributed by atoms with Crippen LogP contribution in [0.2, 0.25) is 0 Å². The second-order valence-corrected chi connectivity index (χ2v) is 8.24. The predicted octanol–water partition coefficient (Wildman–Crippen LogP) is 2.75. The van der Waals surface area contributed by atoms with E-state index in [0.717, 1.165) is 23.5 Å². The molecule has 2 rings (SSSR count). The zero-order chi connectivity index (χ0) is 18.4. The van der Waals surface area contributed by atoms with Crippen molar-refractivity contribution in [1.29, 1.82) is 0 Å². The summed E-state index contributed by atoms with van der Waals surface area (Å²) >= 11 is 1.82. The Bertz CT molecular complexity index is 606. The largest absolute Gasteiger partial charge is 0.353 e. The van der Waals surface area contributed by atoms with Crippen molar-refractivity contribution in [3.05, 3.63) is 24.3 Å². The number of rotatable bonds is 6. The van der Waals surface area contributed by atoms with E-state index in [9.17, 15) is 9.59 Å². The lowest BCUT2D eigenvalue weighted by molar-refractivity contribution is -0.124. The summed E-state index contributed by atoms with van der Waals surface area (Å²) in [6.07, 6.45) is 0.963. The number of carbonyl (C=O) groups is 2. The highest BCUT2D eigenvalue weighted by atomic mass is 32.2. The third-order valence-corrected chi connectivity index (χ3v) is 5.40. The molecular weight excluding hydrogens is 334 g/mol. The van der Waals surface area contributed by atoms with Gasteiger partial charge in [-0.1, -0.05) is 26.0 Å². The highest BCUT2D eigenvalue weighted by Gasteiger charge is 2.25. The van der Waals surface area contributed by atoms with Gasteiger partial charge in [0.1, 0.15) is 0 Å². The predicted molar refractivity (Wildman–Crippen MR) is 104 cm³/mol. The molecule has 0 spiro atoms. The standard InChI is InChI=1S/C19H29N3O2S/c1-5-21(12-18(23)20-14(2)3)13-19(24)22-11-10-15(4)25-17-9-7-6-8-16(17)22/h6-9,14-15H,5,10-13H2,1-4H3,(H,20,23)/t15-/m0/s1. The Morgan fingerprint density at radius 3 is 2.72 bits per heavy atom. The van der Waals surface area contributed by atoms with E-state index in [-0.39, 0.29) is 30.9 Å². The van der Waals surface area contributed by atoms with E-state index in [1.54, 1.807) is 0 Å². The Morgan fingerprint density at radius 1 is 1.32 bits per heavy atom. The average molecular weight is 364 g/mol. The monoisotopic (exact) mass is 363 g/mol. The van der Waals surface area contributed by atoms with Crippen molar-refractivity contribution < 1.29 is 9.59 Å². The number of nitrogens with one attached hydrogen (secondary N) is 1. The highest BCUT2D eigenvalue weighted by molar-refractivity contribution is 8.00. The first-order valence-electron chi connectivity index (χ1n) is 8.98. The number of hydrogen-bond donors (Lipinski definition) is 1. The number of anilines is 1. The third kappa shape index (κ3) is 5.75. The van der Waals surface area contributed by atoms with Crippen LogP contribution in [0.15, 0.2) is 29.2 Å². The Hall–Kier alpha value is -1.53. The molecule has 1 aromatic rings. The molecule has 6 heteroatoms. The second kappa shape index (κ2) is 9.25. The fraction of sp³-hybridized carbons (Fsp3) is 0.579. The molecule has 1 atom stereocenters. The molecule has 0 saturated carbocycles. The van der Waals surface area contributed by atoms with Gasteiger partial charge >= 0.3 is 0 Å². The quantitative estimate of drug-likeness (QED) is 0.844. The van der Waals surface area contributed by atoms with Crippen LogP contribution in [0.1, 0.15) is 34.1 Å². The number of benzene rings is 1. The zero-order valence-corrected chi connectivity index (χ0v) is 16.4. The average Bonchev–Trinajstić information content (AvgIpc) is 2.71. The first-order chi connectivity index (χ1) is 11.9. The maximum Gasteiger partial charge on any atom is 0.241 e. The van der Waals surface area contributed by atoms with Crippen molar-refractivity contribution in [2.24, 2.45) is 0 Å². The van der Waals surface area contributed by atoms with E-state index in [1.165, 1.54) is 0 Å². The second-order valence-electron chi connectivity index (χ2n) is 6.76. The lowest BCUT2D eigenvalue weighted by Gasteiger charge is -2.26. The van der Waals surface area contributed by atoms with Gasteiger partial charge in [-0.2, -0.15) is 0 Å². The summed E-state index contributed by atoms with van der Waals surface area (Å²) in [5.41, 5.74) is 0.990. The van der Waals surface area contributed by atoms with Gasteiger partial charge in [-0.3, -0.25) is 14.5 Å². The van der Waals surface area contributed by atoms with Crippen molar-refractivity contribution in [3.8, 4) is 0 Å². The van der Waals surface area contributed by atoms with E-state index in [2.05, 4.69) is 18.3 Å². The van der Waals surface area contributed by atoms with Crippen LogP contribution in [0.3, 0.4) is 0 Å². The minimum Gasteiger partial charge on any atom is -0.353 e. The Kier molecular flexibility index (Phi) is 7.32. The molecule has 138 valence electrons. The van der Waals surface area contributed by atoms with Crippen molar-refractivity contribution >= 4 is 29.3 Å². The lowest BCUT2D eigenvalue weighted by atomic mass is 10.2. The fourth-order valence-electron chi connectivity index (χ4n) is 2.87. The van der Waals surface area contributed by atoms with Crippen LogP contribution in [0, 0.1) is 0 Å². The Labute approximate surface area is 155 Å². The van der Waals surface area contributed by atoms with Crippen molar-refractivity contribution in [2.45, 2.75) is 50.3 Å². The molecule has 0 bridgehead atoms. The van der Waals surface area contributed by atoms with Crippen LogP contribution in [0.5, 0.6) is 0 Å². The van der Waals surface area contributed by atoms with Gasteiger partial charge in [-0.15, -0.1) is 11.8 Å². The number of thioether (sulfide) groups is 1. The molecule has 0 radical (unpaired) electrons. The molecule has 1 heterocycles. The third-order valence-electron chi connectivity index (χ3n) is 4.17. The molecule has 0 fully saturated rings. The van der Waals surface area contributed by atoms with Crippen molar-refractivity contribution in [2.75, 3.05) is 31.1 Å². The van der Waals surface area contributed by atoms with Gasteiger partial charge in [0.25, 0.3) is 0 Å². The normalized spacial score (nSPS) is 17.4. The van der Waals surface area contributed by atoms with E-state index in [1.807, 2.05) is 60.5 Å². The Morgan fingerprint density at radius 2 is 2.04 bits per heavy atom. The molecule has 5 nitrogen and oxygen atoms in total. The smallest absolute Gasteiger partial charge is 0.241 e. The van der Waals surface area contributed by atoms with Gasteiger partial charge in [0.2, 0.25) is 11.8 Å². The molecule has 0 aromatic heterocycles. The maximum atomic E-state index is 12.9. The summed E-state index contributed by atoms with van der Waals surface area (Å²) < 4.78 is 0. The highest BCUT2D eigenvalue weighted by Crippen LogP contribution is 2.37. The van der Waals surface area contributed by atoms with Crippen molar-refractivity contribution in [1.82, 2.24) is 10.2 Å². The molecular formula is C19H29N3O2S. The summed E-state index contributed by atoms with van der Waals surface area (Å²) in [4.78, 5) is 29.9. The molecule has 1 aliphatic rings. The topological polar surface area (TPSA) is 52.7 Å². The SMILES string of the molecule is CCN(CC(=O)NC(C)C)CC(=O)N1CC[C@H](C)Sc2ccccc21. The van der Waals surface area contributed by atoms with E-state index >= 15 is 0 Å². The van der Waals surface area contributed by atoms with Crippen LogP contribution in [0.25, 0.3) is 0 Å². The number of amides is 2. The summed E-state index contributed by atoms with van der Waals surface area (Å²) in [6.45, 7) is 9.95. The first kappa shape index (κ1) is 19.8. The summed E-state index contributed by atoms with van der Waals surface area (Å²) in [7, 11) is 0. The van der Waals surface area contributed by atoms with E-state index < -0.39 is 0 Å². The number of hydrogen-bond acceptors (Lipinski definition) is 4. The van der Waals surface area contributed by atoms with Gasteiger partial charge in [0.15, 0.2) is 0 Å². The van der Waals surface area contributed by atoms with Gasteiger partial charge < -0.3 is 10.2 Å². The summed E-state index contributed by atoms with van der Waals surface area (Å²) in [5.74, 6) is 0.0199. The maximum absolute atomic E-state index is 12.9. The van der Waals surface area contributed by atoms with Crippen LogP contribution < -0.4 is 10.2 Å². The van der Waals surface area contributed by atoms with E-state index in [4.69, 9.17) is 0 Å². The number of carbonyl (C=O) groups excluding carboxylic acids is 2. The van der Waals surface area contributed by atoms with Gasteiger partial charge in [0, 0.05) is 22.7 Å². The van der Waals surface area contributed by atoms with E-state index in [0.29, 0.717) is 11.8 Å². The van der Waals surface area contributed by atoms with Gasteiger partial charge in [-0.05, 0) is 38.9 Å². The summed E-state index contributed by atoms with van der Waals surface area (Å²) in [5, 5.41) is 3.37. The minimum absolute atomic E-state index is 0.0369. The molecule has 2 amide bonds. The first-order valence-corrected chi connectivity index (χ1v) is 9.86. The van der Waals surface area contributed by atoms with Crippen LogP contribution >= 0.6 is 11.8 Å². The molecule has 0 saturated heterocycles. The zero-order valence-electron chi connectivity index (χ0n) is 15.6. The number of fused-ring (bicyclic) bond motifs is 1. The minimum atomic E-state index is -0.0369.